The molecular formula is C13H13ClN4O2. The number of ether oxygens (including phenoxy) is 1. The predicted molar refractivity (Wildman–Crippen MR) is 75.7 cm³/mol. The van der Waals surface area contributed by atoms with Crippen LogP contribution in [0.3, 0.4) is 0 Å². The fourth-order valence-electron chi connectivity index (χ4n) is 2.28. The van der Waals surface area contributed by atoms with Gasteiger partial charge in [-0.3, -0.25) is 4.79 Å². The standard InChI is InChI=1S/C13H13ClN4O2/c14-8-1-2-9-10(5-8)16-7-17-13(9)18-3-4-20-11(6-18)12(15)19/h1-2,5,7,11H,3-4,6H2,(H2,15,19). The summed E-state index contributed by atoms with van der Waals surface area (Å²) in [5.74, 6) is 0.303. The van der Waals surface area contributed by atoms with Crippen molar-refractivity contribution >= 4 is 34.2 Å². The molecule has 1 aliphatic heterocycles. The van der Waals surface area contributed by atoms with Crippen molar-refractivity contribution in [3.05, 3.63) is 29.5 Å². The fourth-order valence-corrected chi connectivity index (χ4v) is 2.45. The van der Waals surface area contributed by atoms with E-state index in [0.717, 1.165) is 16.7 Å². The number of morpholine rings is 1. The normalized spacial score (nSPS) is 19.2. The Balaban J connectivity index is 1.99. The van der Waals surface area contributed by atoms with Crippen LogP contribution in [0.5, 0.6) is 0 Å². The van der Waals surface area contributed by atoms with Gasteiger partial charge in [0, 0.05) is 17.0 Å². The topological polar surface area (TPSA) is 81.3 Å². The molecule has 7 heteroatoms. The first-order valence-corrected chi connectivity index (χ1v) is 6.59. The van der Waals surface area contributed by atoms with Gasteiger partial charge in [-0.2, -0.15) is 0 Å². The van der Waals surface area contributed by atoms with Gasteiger partial charge < -0.3 is 15.4 Å². The summed E-state index contributed by atoms with van der Waals surface area (Å²) in [5, 5.41) is 1.51. The zero-order valence-electron chi connectivity index (χ0n) is 10.6. The van der Waals surface area contributed by atoms with Crippen molar-refractivity contribution in [2.45, 2.75) is 6.10 Å². The van der Waals surface area contributed by atoms with Gasteiger partial charge in [0.25, 0.3) is 0 Å². The molecule has 0 radical (unpaired) electrons. The number of carbonyl (C=O) groups is 1. The number of nitrogens with zero attached hydrogens (tertiary/aromatic N) is 3. The van der Waals surface area contributed by atoms with Crippen molar-refractivity contribution in [3.63, 3.8) is 0 Å². The van der Waals surface area contributed by atoms with Crippen LogP contribution < -0.4 is 10.6 Å². The SMILES string of the molecule is NC(=O)C1CN(c2ncnc3cc(Cl)ccc23)CCO1. The summed E-state index contributed by atoms with van der Waals surface area (Å²) >= 11 is 5.97. The second-order valence-electron chi connectivity index (χ2n) is 4.57. The number of hydrogen-bond acceptors (Lipinski definition) is 5. The molecule has 20 heavy (non-hydrogen) atoms. The molecular weight excluding hydrogens is 280 g/mol. The molecule has 1 saturated heterocycles. The van der Waals surface area contributed by atoms with E-state index in [2.05, 4.69) is 9.97 Å². The lowest BCUT2D eigenvalue weighted by Crippen LogP contribution is -2.48. The van der Waals surface area contributed by atoms with Crippen molar-refractivity contribution in [1.82, 2.24) is 9.97 Å². The largest absolute Gasteiger partial charge is 0.367 e. The van der Waals surface area contributed by atoms with Crippen LogP contribution >= 0.6 is 11.6 Å². The summed E-state index contributed by atoms with van der Waals surface area (Å²) < 4.78 is 5.34. The lowest BCUT2D eigenvalue weighted by molar-refractivity contribution is -0.130. The third-order valence-corrected chi connectivity index (χ3v) is 3.50. The van der Waals surface area contributed by atoms with Crippen LogP contribution in [0.2, 0.25) is 5.02 Å². The number of anilines is 1. The Kier molecular flexibility index (Phi) is 3.42. The van der Waals surface area contributed by atoms with Gasteiger partial charge in [0.15, 0.2) is 6.10 Å². The van der Waals surface area contributed by atoms with E-state index < -0.39 is 12.0 Å². The minimum absolute atomic E-state index is 0.393. The van der Waals surface area contributed by atoms with Crippen molar-refractivity contribution in [1.29, 1.82) is 0 Å². The van der Waals surface area contributed by atoms with Crippen LogP contribution in [0.25, 0.3) is 10.9 Å². The smallest absolute Gasteiger partial charge is 0.248 e. The van der Waals surface area contributed by atoms with Gasteiger partial charge in [-0.05, 0) is 18.2 Å². The molecule has 0 spiro atoms. The number of primary amides is 1. The molecule has 2 heterocycles. The minimum atomic E-state index is -0.610. The van der Waals surface area contributed by atoms with Gasteiger partial charge in [-0.25, -0.2) is 9.97 Å². The fraction of sp³-hybridized carbons (Fsp3) is 0.308. The molecule has 1 unspecified atom stereocenters. The highest BCUT2D eigenvalue weighted by Gasteiger charge is 2.26. The van der Waals surface area contributed by atoms with Gasteiger partial charge in [-0.15, -0.1) is 0 Å². The summed E-state index contributed by atoms with van der Waals surface area (Å²) in [6.45, 7) is 1.48. The molecule has 0 saturated carbocycles. The van der Waals surface area contributed by atoms with E-state index >= 15 is 0 Å². The highest BCUT2D eigenvalue weighted by Crippen LogP contribution is 2.26. The van der Waals surface area contributed by atoms with E-state index in [9.17, 15) is 4.79 Å². The molecule has 1 aromatic carbocycles. The first kappa shape index (κ1) is 13.1. The highest BCUT2D eigenvalue weighted by molar-refractivity contribution is 6.31. The van der Waals surface area contributed by atoms with Crippen LogP contribution in [-0.4, -0.2) is 41.7 Å². The molecule has 6 nitrogen and oxygen atoms in total. The molecule has 1 aromatic heterocycles. The Morgan fingerprint density at radius 1 is 1.45 bits per heavy atom. The molecule has 1 aliphatic rings. The minimum Gasteiger partial charge on any atom is -0.367 e. The monoisotopic (exact) mass is 292 g/mol. The molecule has 0 aliphatic carbocycles. The van der Waals surface area contributed by atoms with Crippen LogP contribution in [-0.2, 0) is 9.53 Å². The number of benzene rings is 1. The molecule has 1 fully saturated rings. The summed E-state index contributed by atoms with van der Waals surface area (Å²) in [6.07, 6.45) is 0.879. The Labute approximate surface area is 120 Å². The average Bonchev–Trinajstić information content (AvgIpc) is 2.46. The third kappa shape index (κ3) is 2.39. The van der Waals surface area contributed by atoms with Crippen LogP contribution in [0, 0.1) is 0 Å². The maximum absolute atomic E-state index is 11.3. The number of nitrogens with two attached hydrogens (primary N) is 1. The lowest BCUT2D eigenvalue weighted by atomic mass is 10.2. The number of fused-ring (bicyclic) bond motifs is 1. The Morgan fingerprint density at radius 2 is 2.30 bits per heavy atom. The van der Waals surface area contributed by atoms with Crippen molar-refractivity contribution in [2.75, 3.05) is 24.6 Å². The van der Waals surface area contributed by atoms with E-state index in [0.29, 0.717) is 24.7 Å². The third-order valence-electron chi connectivity index (χ3n) is 3.26. The number of rotatable bonds is 2. The summed E-state index contributed by atoms with van der Waals surface area (Å²) in [7, 11) is 0. The van der Waals surface area contributed by atoms with Gasteiger partial charge >= 0.3 is 0 Å². The number of amides is 1. The molecule has 104 valence electrons. The van der Waals surface area contributed by atoms with E-state index in [1.54, 1.807) is 12.1 Å². The Bertz CT molecular complexity index is 664. The lowest BCUT2D eigenvalue weighted by Gasteiger charge is -2.32. The first-order valence-electron chi connectivity index (χ1n) is 6.21. The van der Waals surface area contributed by atoms with E-state index in [-0.39, 0.29) is 0 Å². The molecule has 2 N–H and O–H groups in total. The van der Waals surface area contributed by atoms with Crippen molar-refractivity contribution < 1.29 is 9.53 Å². The number of aromatic nitrogens is 2. The Hall–Kier alpha value is -1.92. The number of carbonyl (C=O) groups excluding carboxylic acids is 1. The molecule has 3 rings (SSSR count). The maximum Gasteiger partial charge on any atom is 0.248 e. The second kappa shape index (κ2) is 5.22. The molecule has 1 atom stereocenters. The highest BCUT2D eigenvalue weighted by atomic mass is 35.5. The van der Waals surface area contributed by atoms with Gasteiger partial charge in [0.1, 0.15) is 12.1 Å². The average molecular weight is 293 g/mol. The summed E-state index contributed by atoms with van der Waals surface area (Å²) in [6, 6.07) is 5.46. The molecule has 0 bridgehead atoms. The zero-order valence-corrected chi connectivity index (χ0v) is 11.4. The van der Waals surface area contributed by atoms with Gasteiger partial charge in [-0.1, -0.05) is 11.6 Å². The van der Waals surface area contributed by atoms with E-state index in [1.165, 1.54) is 6.33 Å². The van der Waals surface area contributed by atoms with Gasteiger partial charge in [0.05, 0.1) is 18.7 Å². The predicted octanol–water partition coefficient (Wildman–Crippen LogP) is 0.974. The van der Waals surface area contributed by atoms with E-state index in [4.69, 9.17) is 22.1 Å². The Morgan fingerprint density at radius 3 is 3.10 bits per heavy atom. The number of hydrogen-bond donors (Lipinski definition) is 1. The number of halogens is 1. The van der Waals surface area contributed by atoms with Crippen LogP contribution in [0.15, 0.2) is 24.5 Å². The molecule has 1 amide bonds. The van der Waals surface area contributed by atoms with Crippen LogP contribution in [0.4, 0.5) is 5.82 Å². The molecule has 2 aromatic rings. The van der Waals surface area contributed by atoms with Crippen molar-refractivity contribution in [2.24, 2.45) is 5.73 Å². The maximum atomic E-state index is 11.3. The summed E-state index contributed by atoms with van der Waals surface area (Å²) in [5.41, 5.74) is 6.07. The zero-order chi connectivity index (χ0) is 14.1. The summed E-state index contributed by atoms with van der Waals surface area (Å²) in [4.78, 5) is 21.8. The quantitative estimate of drug-likeness (QED) is 0.892. The second-order valence-corrected chi connectivity index (χ2v) is 5.00. The first-order chi connectivity index (χ1) is 9.65. The van der Waals surface area contributed by atoms with Crippen LogP contribution in [0.1, 0.15) is 0 Å². The van der Waals surface area contributed by atoms with E-state index in [1.807, 2.05) is 11.0 Å². The van der Waals surface area contributed by atoms with Gasteiger partial charge in [0.2, 0.25) is 5.91 Å². The van der Waals surface area contributed by atoms with Crippen molar-refractivity contribution in [3.8, 4) is 0 Å².